The molecule has 5 heteroatoms. The molecule has 23 heavy (non-hydrogen) atoms. The third-order valence-electron chi connectivity index (χ3n) is 4.80. The highest BCUT2D eigenvalue weighted by Crippen LogP contribution is 2.54. The lowest BCUT2D eigenvalue weighted by Gasteiger charge is -2.24. The molecule has 1 fully saturated rings. The Hall–Kier alpha value is -2.82. The second-order valence-corrected chi connectivity index (χ2v) is 5.98. The fraction of sp³-hybridized carbons (Fsp3) is 0.222. The molecular weight excluding hydrogens is 286 g/mol. The Bertz CT molecular complexity index is 816. The summed E-state index contributed by atoms with van der Waals surface area (Å²) in [5.74, 6) is 1.13. The average molecular weight is 301 g/mol. The van der Waals surface area contributed by atoms with E-state index in [2.05, 4.69) is 49.1 Å². The minimum Gasteiger partial charge on any atom is -0.355 e. The van der Waals surface area contributed by atoms with E-state index < -0.39 is 0 Å². The minimum atomic E-state index is 0.457. The number of fused-ring (bicyclic) bond motifs is 5. The van der Waals surface area contributed by atoms with E-state index in [9.17, 15) is 0 Å². The van der Waals surface area contributed by atoms with E-state index in [4.69, 9.17) is 0 Å². The maximum atomic E-state index is 4.48. The number of benzene rings is 1. The molecule has 3 aromatic rings. The molecule has 2 unspecified atom stereocenters. The molecule has 0 amide bonds. The smallest absolute Gasteiger partial charge is 0.197 e. The van der Waals surface area contributed by atoms with Crippen molar-refractivity contribution in [2.45, 2.75) is 24.9 Å². The van der Waals surface area contributed by atoms with Gasteiger partial charge in [-0.3, -0.25) is 0 Å². The zero-order valence-corrected chi connectivity index (χ0v) is 12.5. The van der Waals surface area contributed by atoms with Crippen molar-refractivity contribution in [1.82, 2.24) is 19.9 Å². The average Bonchev–Trinajstić information content (AvgIpc) is 3.20. The Morgan fingerprint density at radius 3 is 1.91 bits per heavy atom. The van der Waals surface area contributed by atoms with Crippen molar-refractivity contribution in [1.29, 1.82) is 0 Å². The number of hydrogen-bond donors (Lipinski definition) is 0. The molecule has 0 aliphatic carbocycles. The van der Waals surface area contributed by atoms with E-state index in [0.29, 0.717) is 23.7 Å². The normalized spacial score (nSPS) is 21.5. The van der Waals surface area contributed by atoms with Crippen molar-refractivity contribution in [3.63, 3.8) is 0 Å². The lowest BCUT2D eigenvalue weighted by atomic mass is 9.92. The SMILES string of the molecule is c1cnc(-c2ncc(N3C4CCC3c3ccccc34)cn2)nc1. The molecule has 112 valence electrons. The molecular formula is C18H15N5. The molecule has 2 aliphatic rings. The van der Waals surface area contributed by atoms with Gasteiger partial charge in [0, 0.05) is 12.4 Å². The molecule has 5 rings (SSSR count). The standard InChI is InChI=1S/C18H15N5/c1-2-5-14-13(4-1)15-6-7-16(14)23(15)12-10-21-18(22-11-12)17-19-8-3-9-20-17/h1-5,8-11,15-16H,6-7H2. The van der Waals surface area contributed by atoms with Gasteiger partial charge >= 0.3 is 0 Å². The van der Waals surface area contributed by atoms with Crippen molar-refractivity contribution >= 4 is 5.69 Å². The van der Waals surface area contributed by atoms with Crippen LogP contribution in [0, 0.1) is 0 Å². The zero-order chi connectivity index (χ0) is 15.2. The van der Waals surface area contributed by atoms with Crippen molar-refractivity contribution in [2.24, 2.45) is 0 Å². The van der Waals surface area contributed by atoms with E-state index >= 15 is 0 Å². The van der Waals surface area contributed by atoms with Crippen molar-refractivity contribution in [3.05, 3.63) is 66.2 Å². The van der Waals surface area contributed by atoms with Gasteiger partial charge in [0.25, 0.3) is 0 Å². The van der Waals surface area contributed by atoms with Crippen LogP contribution < -0.4 is 4.90 Å². The molecule has 0 N–H and O–H groups in total. The Labute approximate surface area is 134 Å². The highest BCUT2D eigenvalue weighted by Gasteiger charge is 2.43. The highest BCUT2D eigenvalue weighted by atomic mass is 15.2. The Morgan fingerprint density at radius 1 is 0.739 bits per heavy atom. The van der Waals surface area contributed by atoms with Crippen LogP contribution in [0.25, 0.3) is 11.6 Å². The van der Waals surface area contributed by atoms with E-state index in [1.54, 1.807) is 18.5 Å². The van der Waals surface area contributed by atoms with Crippen LogP contribution in [0.5, 0.6) is 0 Å². The maximum Gasteiger partial charge on any atom is 0.197 e. The lowest BCUT2D eigenvalue weighted by molar-refractivity contribution is 0.717. The molecule has 1 aromatic carbocycles. The second kappa shape index (κ2) is 4.84. The first-order valence-electron chi connectivity index (χ1n) is 7.88. The van der Waals surface area contributed by atoms with Gasteiger partial charge in [0.05, 0.1) is 30.2 Å². The van der Waals surface area contributed by atoms with Crippen LogP contribution in [-0.4, -0.2) is 19.9 Å². The minimum absolute atomic E-state index is 0.457. The van der Waals surface area contributed by atoms with E-state index in [1.807, 2.05) is 12.4 Å². The molecule has 2 aromatic heterocycles. The molecule has 2 bridgehead atoms. The summed E-state index contributed by atoms with van der Waals surface area (Å²) in [4.78, 5) is 19.8. The van der Waals surface area contributed by atoms with Crippen LogP contribution in [0.15, 0.2) is 55.1 Å². The van der Waals surface area contributed by atoms with Crippen molar-refractivity contribution in [3.8, 4) is 11.6 Å². The molecule has 0 saturated carbocycles. The largest absolute Gasteiger partial charge is 0.355 e. The number of rotatable bonds is 2. The topological polar surface area (TPSA) is 54.8 Å². The summed E-state index contributed by atoms with van der Waals surface area (Å²) in [5, 5.41) is 0. The Kier molecular flexibility index (Phi) is 2.67. The van der Waals surface area contributed by atoms with Crippen molar-refractivity contribution < 1.29 is 0 Å². The van der Waals surface area contributed by atoms with Crippen LogP contribution in [0.3, 0.4) is 0 Å². The van der Waals surface area contributed by atoms with Crippen LogP contribution in [0.1, 0.15) is 36.1 Å². The lowest BCUT2D eigenvalue weighted by Crippen LogP contribution is -2.19. The first-order chi connectivity index (χ1) is 11.4. The molecule has 2 aliphatic heterocycles. The third-order valence-corrected chi connectivity index (χ3v) is 4.80. The number of nitrogens with zero attached hydrogens (tertiary/aromatic N) is 5. The van der Waals surface area contributed by atoms with Gasteiger partial charge in [0.1, 0.15) is 0 Å². The van der Waals surface area contributed by atoms with Gasteiger partial charge < -0.3 is 4.90 Å². The molecule has 2 atom stereocenters. The van der Waals surface area contributed by atoms with Crippen LogP contribution in [0.2, 0.25) is 0 Å². The van der Waals surface area contributed by atoms with Gasteiger partial charge in [-0.1, -0.05) is 24.3 Å². The Morgan fingerprint density at radius 2 is 1.30 bits per heavy atom. The van der Waals surface area contributed by atoms with Crippen LogP contribution in [-0.2, 0) is 0 Å². The zero-order valence-electron chi connectivity index (χ0n) is 12.5. The van der Waals surface area contributed by atoms with E-state index in [1.165, 1.54) is 24.0 Å². The quantitative estimate of drug-likeness (QED) is 0.726. The van der Waals surface area contributed by atoms with Crippen LogP contribution >= 0.6 is 0 Å². The van der Waals surface area contributed by atoms with Gasteiger partial charge in [-0.25, -0.2) is 19.9 Å². The number of hydrogen-bond acceptors (Lipinski definition) is 5. The first kappa shape index (κ1) is 12.7. The summed E-state index contributed by atoms with van der Waals surface area (Å²) in [7, 11) is 0. The first-order valence-corrected chi connectivity index (χ1v) is 7.88. The van der Waals surface area contributed by atoms with Crippen molar-refractivity contribution in [2.75, 3.05) is 4.90 Å². The third kappa shape index (κ3) is 1.86. The summed E-state index contributed by atoms with van der Waals surface area (Å²) in [6, 6.07) is 11.5. The maximum absolute atomic E-state index is 4.48. The van der Waals surface area contributed by atoms with Gasteiger partial charge in [-0.05, 0) is 30.0 Å². The molecule has 1 saturated heterocycles. The number of anilines is 1. The summed E-state index contributed by atoms with van der Waals surface area (Å²) in [6.45, 7) is 0. The van der Waals surface area contributed by atoms with Crippen LogP contribution in [0.4, 0.5) is 5.69 Å². The molecule has 4 heterocycles. The monoisotopic (exact) mass is 301 g/mol. The highest BCUT2D eigenvalue weighted by molar-refractivity contribution is 5.58. The molecule has 5 nitrogen and oxygen atoms in total. The van der Waals surface area contributed by atoms with Gasteiger partial charge in [-0.2, -0.15) is 0 Å². The summed E-state index contributed by atoms with van der Waals surface area (Å²) in [5.41, 5.74) is 3.99. The van der Waals surface area contributed by atoms with Gasteiger partial charge in [0.15, 0.2) is 11.6 Å². The van der Waals surface area contributed by atoms with Gasteiger partial charge in [0.2, 0.25) is 0 Å². The fourth-order valence-corrected chi connectivity index (χ4v) is 3.88. The van der Waals surface area contributed by atoms with E-state index in [-0.39, 0.29) is 0 Å². The number of aromatic nitrogens is 4. The fourth-order valence-electron chi connectivity index (χ4n) is 3.88. The van der Waals surface area contributed by atoms with E-state index in [0.717, 1.165) is 5.69 Å². The Balaban J connectivity index is 1.50. The molecule has 0 spiro atoms. The predicted molar refractivity (Wildman–Crippen MR) is 86.7 cm³/mol. The second-order valence-electron chi connectivity index (χ2n) is 5.98. The van der Waals surface area contributed by atoms with Gasteiger partial charge in [-0.15, -0.1) is 0 Å². The summed E-state index contributed by atoms with van der Waals surface area (Å²) >= 11 is 0. The predicted octanol–water partition coefficient (Wildman–Crippen LogP) is 3.33. The summed E-state index contributed by atoms with van der Waals surface area (Å²) in [6.07, 6.45) is 9.61. The molecule has 0 radical (unpaired) electrons. The summed E-state index contributed by atoms with van der Waals surface area (Å²) < 4.78 is 0.